The van der Waals surface area contributed by atoms with Crippen molar-refractivity contribution in [3.63, 3.8) is 0 Å². The Morgan fingerprint density at radius 3 is 2.29 bits per heavy atom. The van der Waals surface area contributed by atoms with Gasteiger partial charge in [0.2, 0.25) is 0 Å². The number of carbonyl (C=O) groups is 1. The van der Waals surface area contributed by atoms with Crippen molar-refractivity contribution in [2.45, 2.75) is 83.5 Å². The van der Waals surface area contributed by atoms with E-state index in [2.05, 4.69) is 27.7 Å². The fraction of sp³-hybridized carbons (Fsp3) is 0.950. The van der Waals surface area contributed by atoms with Crippen LogP contribution in [-0.4, -0.2) is 41.4 Å². The number of fused-ring (bicyclic) bond motifs is 3. The third kappa shape index (κ3) is 2.12. The van der Waals surface area contributed by atoms with Gasteiger partial charge < -0.3 is 14.6 Å². The largest absolute Gasteiger partial charge is 0.396 e. The number of aliphatic hydroxyl groups is 1. The third-order valence-corrected chi connectivity index (χ3v) is 8.25. The lowest BCUT2D eigenvalue weighted by Crippen LogP contribution is -2.66. The summed E-state index contributed by atoms with van der Waals surface area (Å²) < 4.78 is 12.3. The molecule has 0 spiro atoms. The molecule has 7 atom stereocenters. The van der Waals surface area contributed by atoms with E-state index in [1.54, 1.807) is 0 Å². The lowest BCUT2D eigenvalue weighted by Gasteiger charge is -2.64. The summed E-state index contributed by atoms with van der Waals surface area (Å²) in [5.74, 6) is 0.901. The number of ketones is 1. The van der Waals surface area contributed by atoms with Gasteiger partial charge in [0.15, 0.2) is 0 Å². The van der Waals surface area contributed by atoms with Gasteiger partial charge in [-0.2, -0.15) is 0 Å². The van der Waals surface area contributed by atoms with E-state index in [1.165, 1.54) is 0 Å². The highest BCUT2D eigenvalue weighted by molar-refractivity contribution is 5.86. The fourth-order valence-corrected chi connectivity index (χ4v) is 6.64. The number of ether oxygens (including phenoxy) is 2. The zero-order valence-electron chi connectivity index (χ0n) is 15.6. The lowest BCUT2D eigenvalue weighted by molar-refractivity contribution is -0.264. The molecule has 1 unspecified atom stereocenters. The van der Waals surface area contributed by atoms with Crippen LogP contribution in [0.3, 0.4) is 0 Å². The van der Waals surface area contributed by atoms with Crippen molar-refractivity contribution in [3.05, 3.63) is 0 Å². The maximum atomic E-state index is 13.1. The molecule has 2 aliphatic heterocycles. The maximum Gasteiger partial charge on any atom is 0.139 e. The van der Waals surface area contributed by atoms with Gasteiger partial charge in [0, 0.05) is 24.4 Å². The van der Waals surface area contributed by atoms with Crippen LogP contribution in [0, 0.1) is 22.7 Å². The predicted molar refractivity (Wildman–Crippen MR) is 90.6 cm³/mol. The van der Waals surface area contributed by atoms with Crippen LogP contribution in [0.5, 0.6) is 0 Å². The Labute approximate surface area is 145 Å². The van der Waals surface area contributed by atoms with Gasteiger partial charge in [-0.05, 0) is 57.3 Å². The number of carbonyl (C=O) groups excluding carboxylic acids is 1. The van der Waals surface area contributed by atoms with Gasteiger partial charge in [-0.1, -0.05) is 13.8 Å². The molecule has 136 valence electrons. The summed E-state index contributed by atoms with van der Waals surface area (Å²) >= 11 is 0. The van der Waals surface area contributed by atoms with E-state index < -0.39 is 0 Å². The first kappa shape index (κ1) is 17.0. The first-order chi connectivity index (χ1) is 11.2. The van der Waals surface area contributed by atoms with E-state index in [0.29, 0.717) is 12.2 Å². The number of Topliss-reactive ketones (excluding diaryl/α,β-unsaturated/α-hetero) is 1. The van der Waals surface area contributed by atoms with Gasteiger partial charge in [-0.3, -0.25) is 4.79 Å². The molecule has 4 aliphatic rings. The molecule has 0 aromatic heterocycles. The molecule has 1 N–H and O–H groups in total. The quantitative estimate of drug-likeness (QED) is 0.787. The Balaban J connectivity index is 1.70. The van der Waals surface area contributed by atoms with E-state index in [4.69, 9.17) is 9.47 Å². The van der Waals surface area contributed by atoms with E-state index in [9.17, 15) is 9.90 Å². The van der Waals surface area contributed by atoms with Gasteiger partial charge in [-0.25, -0.2) is 0 Å². The fourth-order valence-electron chi connectivity index (χ4n) is 6.64. The molecule has 4 heteroatoms. The Morgan fingerprint density at radius 2 is 1.67 bits per heavy atom. The minimum Gasteiger partial charge on any atom is -0.396 e. The van der Waals surface area contributed by atoms with Gasteiger partial charge >= 0.3 is 0 Å². The molecule has 4 fully saturated rings. The van der Waals surface area contributed by atoms with Crippen LogP contribution >= 0.6 is 0 Å². The van der Waals surface area contributed by atoms with Gasteiger partial charge in [0.1, 0.15) is 11.9 Å². The normalized spacial score (nSPS) is 57.2. The predicted octanol–water partition coefficient (Wildman–Crippen LogP) is 3.11. The van der Waals surface area contributed by atoms with Gasteiger partial charge in [0.05, 0.1) is 17.8 Å². The molecule has 2 heterocycles. The summed E-state index contributed by atoms with van der Waals surface area (Å²) in [6.07, 6.45) is 5.57. The Morgan fingerprint density at radius 1 is 1.04 bits per heavy atom. The monoisotopic (exact) mass is 336 g/mol. The van der Waals surface area contributed by atoms with Crippen LogP contribution in [0.2, 0.25) is 0 Å². The van der Waals surface area contributed by atoms with Gasteiger partial charge in [-0.15, -0.1) is 0 Å². The zero-order chi connectivity index (χ0) is 17.4. The smallest absolute Gasteiger partial charge is 0.139 e. The summed E-state index contributed by atoms with van der Waals surface area (Å²) in [6, 6.07) is 0. The van der Waals surface area contributed by atoms with Crippen molar-refractivity contribution in [3.8, 4) is 0 Å². The van der Waals surface area contributed by atoms with E-state index in [0.717, 1.165) is 38.7 Å². The Bertz CT molecular complexity index is 558. The van der Waals surface area contributed by atoms with Crippen LogP contribution < -0.4 is 0 Å². The lowest BCUT2D eigenvalue weighted by atomic mass is 9.43. The van der Waals surface area contributed by atoms with Crippen LogP contribution in [0.25, 0.3) is 0 Å². The number of epoxide rings is 1. The molecule has 0 aromatic rings. The average Bonchev–Trinajstić information content (AvgIpc) is 3.36. The zero-order valence-corrected chi connectivity index (χ0v) is 15.6. The van der Waals surface area contributed by atoms with Crippen molar-refractivity contribution in [2.75, 3.05) is 13.2 Å². The van der Waals surface area contributed by atoms with Crippen LogP contribution in [-0.2, 0) is 14.3 Å². The first-order valence-electron chi connectivity index (χ1n) is 9.64. The highest BCUT2D eigenvalue weighted by atomic mass is 16.6. The third-order valence-electron chi connectivity index (χ3n) is 8.25. The topological polar surface area (TPSA) is 59.1 Å². The molecule has 4 nitrogen and oxygen atoms in total. The summed E-state index contributed by atoms with van der Waals surface area (Å²) in [7, 11) is 0. The molecule has 2 saturated carbocycles. The van der Waals surface area contributed by atoms with Gasteiger partial charge in [0.25, 0.3) is 0 Å². The number of rotatable bonds is 2. The molecule has 4 rings (SSSR count). The van der Waals surface area contributed by atoms with Crippen molar-refractivity contribution in [1.82, 2.24) is 0 Å². The van der Waals surface area contributed by atoms with Crippen molar-refractivity contribution < 1.29 is 19.4 Å². The molecule has 0 aromatic carbocycles. The molecule has 0 radical (unpaired) electrons. The Hall–Kier alpha value is -0.450. The van der Waals surface area contributed by atoms with Crippen LogP contribution in [0.15, 0.2) is 0 Å². The molecule has 0 amide bonds. The number of hydrogen-bond donors (Lipinski definition) is 1. The molecule has 0 bridgehead atoms. The second-order valence-corrected chi connectivity index (χ2v) is 9.75. The minimum atomic E-state index is -0.367. The summed E-state index contributed by atoms with van der Waals surface area (Å²) in [4.78, 5) is 13.1. The highest BCUT2D eigenvalue weighted by Gasteiger charge is 2.66. The number of aliphatic hydroxyl groups excluding tert-OH is 1. The molecule has 2 aliphatic carbocycles. The van der Waals surface area contributed by atoms with E-state index in [1.807, 2.05) is 0 Å². The van der Waals surface area contributed by atoms with Crippen molar-refractivity contribution >= 4 is 5.78 Å². The second-order valence-electron chi connectivity index (χ2n) is 9.75. The summed E-state index contributed by atoms with van der Waals surface area (Å²) in [5, 5.41) is 10.1. The second kappa shape index (κ2) is 5.05. The van der Waals surface area contributed by atoms with E-state index >= 15 is 0 Å². The summed E-state index contributed by atoms with van der Waals surface area (Å²) in [6.45, 7) is 9.74. The molecular formula is C20H32O4. The molecule has 2 saturated heterocycles. The van der Waals surface area contributed by atoms with Crippen LogP contribution in [0.4, 0.5) is 0 Å². The summed E-state index contributed by atoms with van der Waals surface area (Å²) in [5.41, 5.74) is -0.960. The number of hydrogen-bond acceptors (Lipinski definition) is 4. The average molecular weight is 336 g/mol. The van der Waals surface area contributed by atoms with Crippen molar-refractivity contribution in [1.29, 1.82) is 0 Å². The highest BCUT2D eigenvalue weighted by Crippen LogP contribution is 2.64. The Kier molecular flexibility index (Phi) is 3.57. The SMILES string of the molecule is C[C@@]1(CO)CCC(=O)[C@]2(C)[C@H]3CC[C@](C)(C4CO4)O[C@]3(C)CC[C@@H]12. The maximum absolute atomic E-state index is 13.1. The first-order valence-corrected chi connectivity index (χ1v) is 9.64. The molecular weight excluding hydrogens is 304 g/mol. The standard InChI is InChI=1S/C20H32O4/c1-17(12-21)8-7-15(22)20(4)13(17)5-9-18(2)14(20)6-10-19(3,24-18)16-11-23-16/h13-14,16,21H,5-12H2,1-4H3/t13-,14-,16?,17-,18+,19+,20-/m0/s1. The van der Waals surface area contributed by atoms with Crippen molar-refractivity contribution in [2.24, 2.45) is 22.7 Å². The molecule has 24 heavy (non-hydrogen) atoms. The van der Waals surface area contributed by atoms with E-state index in [-0.39, 0.29) is 46.6 Å². The van der Waals surface area contributed by atoms with Crippen LogP contribution in [0.1, 0.15) is 66.2 Å². The minimum absolute atomic E-state index is 0.135.